The maximum absolute atomic E-state index is 5.69. The zero-order valence-electron chi connectivity index (χ0n) is 7.97. The van der Waals surface area contributed by atoms with Crippen LogP contribution in [0.2, 0.25) is 0 Å². The Morgan fingerprint density at radius 2 is 2.42 bits per heavy atom. The second-order valence-electron chi connectivity index (χ2n) is 3.39. The predicted molar refractivity (Wildman–Crippen MR) is 49.0 cm³/mol. The molecule has 1 heterocycles. The number of hydrogen-bond acceptors (Lipinski definition) is 2. The summed E-state index contributed by atoms with van der Waals surface area (Å²) in [4.78, 5) is 0. The Morgan fingerprint density at radius 1 is 1.58 bits per heavy atom. The fraction of sp³-hybridized carbons (Fsp3) is 0.900. The first-order valence-corrected chi connectivity index (χ1v) is 4.84. The molecule has 0 spiro atoms. The van der Waals surface area contributed by atoms with Gasteiger partial charge in [0.1, 0.15) is 0 Å². The molecule has 2 nitrogen and oxygen atoms in total. The standard InChI is InChI=1S/C10H19O2/c1-3-7-11-9-10(4-2)6-5-8-12-10/h1,3-9H2,2H3. The van der Waals surface area contributed by atoms with Crippen LogP contribution in [0, 0.1) is 6.92 Å². The molecule has 0 amide bonds. The first-order chi connectivity index (χ1) is 5.83. The molecule has 1 aliphatic heterocycles. The second-order valence-corrected chi connectivity index (χ2v) is 3.39. The largest absolute Gasteiger partial charge is 0.378 e. The van der Waals surface area contributed by atoms with E-state index in [1.54, 1.807) is 0 Å². The first-order valence-electron chi connectivity index (χ1n) is 4.84. The molecular formula is C10H19O2. The SMILES string of the molecule is [CH2]CCOCC1(CC)CCCO1. The van der Waals surface area contributed by atoms with Gasteiger partial charge in [-0.15, -0.1) is 0 Å². The van der Waals surface area contributed by atoms with E-state index >= 15 is 0 Å². The molecule has 71 valence electrons. The Hall–Kier alpha value is -0.0800. The van der Waals surface area contributed by atoms with E-state index in [9.17, 15) is 0 Å². The summed E-state index contributed by atoms with van der Waals surface area (Å²) in [5.74, 6) is 0. The van der Waals surface area contributed by atoms with Gasteiger partial charge in [-0.05, 0) is 25.7 Å². The molecule has 2 heteroatoms. The lowest BCUT2D eigenvalue weighted by molar-refractivity contribution is -0.0647. The molecule has 1 radical (unpaired) electrons. The quantitative estimate of drug-likeness (QED) is 0.590. The molecule has 1 fully saturated rings. The molecular weight excluding hydrogens is 152 g/mol. The Bertz CT molecular complexity index is 117. The van der Waals surface area contributed by atoms with E-state index in [4.69, 9.17) is 9.47 Å². The number of hydrogen-bond donors (Lipinski definition) is 0. The second kappa shape index (κ2) is 4.83. The lowest BCUT2D eigenvalue weighted by Gasteiger charge is -2.26. The van der Waals surface area contributed by atoms with E-state index < -0.39 is 0 Å². The molecule has 0 N–H and O–H groups in total. The summed E-state index contributed by atoms with van der Waals surface area (Å²) >= 11 is 0. The molecule has 0 aliphatic carbocycles. The van der Waals surface area contributed by atoms with Crippen LogP contribution in [-0.4, -0.2) is 25.4 Å². The highest BCUT2D eigenvalue weighted by molar-refractivity contribution is 4.83. The third-order valence-corrected chi connectivity index (χ3v) is 2.48. The zero-order chi connectivity index (χ0) is 8.86. The molecule has 0 aromatic carbocycles. The van der Waals surface area contributed by atoms with Crippen molar-refractivity contribution >= 4 is 0 Å². The van der Waals surface area contributed by atoms with Crippen LogP contribution in [0.25, 0.3) is 0 Å². The van der Waals surface area contributed by atoms with Crippen molar-refractivity contribution in [3.63, 3.8) is 0 Å². The van der Waals surface area contributed by atoms with Gasteiger partial charge in [-0.2, -0.15) is 0 Å². The highest BCUT2D eigenvalue weighted by Crippen LogP contribution is 2.29. The molecule has 0 aromatic heterocycles. The molecule has 1 saturated heterocycles. The topological polar surface area (TPSA) is 18.5 Å². The van der Waals surface area contributed by atoms with Crippen LogP contribution >= 0.6 is 0 Å². The third-order valence-electron chi connectivity index (χ3n) is 2.48. The summed E-state index contributed by atoms with van der Waals surface area (Å²) in [5.41, 5.74) is 0.0369. The van der Waals surface area contributed by atoms with Gasteiger partial charge in [0.15, 0.2) is 0 Å². The Kier molecular flexibility index (Phi) is 4.02. The maximum atomic E-state index is 5.69. The molecule has 0 aromatic rings. The summed E-state index contributed by atoms with van der Waals surface area (Å²) in [7, 11) is 0. The minimum atomic E-state index is 0.0369. The van der Waals surface area contributed by atoms with Gasteiger partial charge in [0, 0.05) is 13.2 Å². The molecule has 1 atom stereocenters. The van der Waals surface area contributed by atoms with Crippen molar-refractivity contribution in [1.82, 2.24) is 0 Å². The highest BCUT2D eigenvalue weighted by Gasteiger charge is 2.33. The normalized spacial score (nSPS) is 29.5. The number of rotatable bonds is 5. The molecule has 0 bridgehead atoms. The number of ether oxygens (including phenoxy) is 2. The van der Waals surface area contributed by atoms with Crippen molar-refractivity contribution in [2.24, 2.45) is 0 Å². The van der Waals surface area contributed by atoms with Gasteiger partial charge in [-0.25, -0.2) is 0 Å². The molecule has 0 saturated carbocycles. The van der Waals surface area contributed by atoms with Crippen molar-refractivity contribution in [2.45, 2.75) is 38.2 Å². The summed E-state index contributed by atoms with van der Waals surface area (Å²) in [5, 5.41) is 0. The Balaban J connectivity index is 2.24. The predicted octanol–water partition coefficient (Wildman–Crippen LogP) is 2.19. The molecule has 12 heavy (non-hydrogen) atoms. The van der Waals surface area contributed by atoms with Crippen molar-refractivity contribution < 1.29 is 9.47 Å². The fourth-order valence-electron chi connectivity index (χ4n) is 1.61. The summed E-state index contributed by atoms with van der Waals surface area (Å²) in [6.45, 7) is 8.31. The van der Waals surface area contributed by atoms with Gasteiger partial charge in [0.25, 0.3) is 0 Å². The van der Waals surface area contributed by atoms with Crippen LogP contribution < -0.4 is 0 Å². The first kappa shape index (κ1) is 10.0. The minimum absolute atomic E-state index is 0.0369. The molecule has 1 unspecified atom stereocenters. The lowest BCUT2D eigenvalue weighted by atomic mass is 9.98. The summed E-state index contributed by atoms with van der Waals surface area (Å²) in [6.07, 6.45) is 4.24. The minimum Gasteiger partial charge on any atom is -0.378 e. The van der Waals surface area contributed by atoms with Crippen molar-refractivity contribution in [1.29, 1.82) is 0 Å². The average Bonchev–Trinajstić information content (AvgIpc) is 2.55. The van der Waals surface area contributed by atoms with Gasteiger partial charge in [0.2, 0.25) is 0 Å². The Labute approximate surface area is 75.2 Å². The summed E-state index contributed by atoms with van der Waals surface area (Å²) < 4.78 is 11.2. The fourth-order valence-corrected chi connectivity index (χ4v) is 1.61. The van der Waals surface area contributed by atoms with E-state index in [2.05, 4.69) is 13.8 Å². The van der Waals surface area contributed by atoms with E-state index in [0.29, 0.717) is 0 Å². The maximum Gasteiger partial charge on any atom is 0.0913 e. The smallest absolute Gasteiger partial charge is 0.0913 e. The lowest BCUT2D eigenvalue weighted by Crippen LogP contribution is -2.33. The third kappa shape index (κ3) is 2.46. The van der Waals surface area contributed by atoms with Crippen molar-refractivity contribution in [3.05, 3.63) is 6.92 Å². The monoisotopic (exact) mass is 171 g/mol. The van der Waals surface area contributed by atoms with Crippen molar-refractivity contribution in [2.75, 3.05) is 19.8 Å². The Morgan fingerprint density at radius 3 is 2.92 bits per heavy atom. The van der Waals surface area contributed by atoms with Gasteiger partial charge >= 0.3 is 0 Å². The van der Waals surface area contributed by atoms with Gasteiger partial charge in [0.05, 0.1) is 12.2 Å². The average molecular weight is 171 g/mol. The van der Waals surface area contributed by atoms with Crippen LogP contribution in [-0.2, 0) is 9.47 Å². The van der Waals surface area contributed by atoms with Gasteiger partial charge in [-0.3, -0.25) is 0 Å². The van der Waals surface area contributed by atoms with Crippen LogP contribution in [0.15, 0.2) is 0 Å². The van der Waals surface area contributed by atoms with E-state index in [1.807, 2.05) is 0 Å². The van der Waals surface area contributed by atoms with E-state index in [-0.39, 0.29) is 5.60 Å². The van der Waals surface area contributed by atoms with Crippen LogP contribution in [0.5, 0.6) is 0 Å². The van der Waals surface area contributed by atoms with Gasteiger partial charge in [-0.1, -0.05) is 13.8 Å². The van der Waals surface area contributed by atoms with E-state index in [1.165, 1.54) is 6.42 Å². The molecule has 1 aliphatic rings. The summed E-state index contributed by atoms with van der Waals surface area (Å²) in [6, 6.07) is 0. The van der Waals surface area contributed by atoms with Crippen LogP contribution in [0.1, 0.15) is 32.6 Å². The highest BCUT2D eigenvalue weighted by atomic mass is 16.5. The van der Waals surface area contributed by atoms with Crippen LogP contribution in [0.3, 0.4) is 0 Å². The zero-order valence-corrected chi connectivity index (χ0v) is 7.97. The van der Waals surface area contributed by atoms with Crippen LogP contribution in [0.4, 0.5) is 0 Å². The van der Waals surface area contributed by atoms with Crippen molar-refractivity contribution in [3.8, 4) is 0 Å². The van der Waals surface area contributed by atoms with E-state index in [0.717, 1.165) is 39.1 Å². The van der Waals surface area contributed by atoms with Gasteiger partial charge < -0.3 is 9.47 Å². The molecule has 1 rings (SSSR count).